The topological polar surface area (TPSA) is 72.9 Å². The minimum absolute atomic E-state index is 0.145. The van der Waals surface area contributed by atoms with Gasteiger partial charge in [0, 0.05) is 12.3 Å². The second-order valence-corrected chi connectivity index (χ2v) is 9.34. The van der Waals surface area contributed by atoms with E-state index in [-0.39, 0.29) is 18.9 Å². The van der Waals surface area contributed by atoms with Gasteiger partial charge in [-0.3, -0.25) is 4.79 Å². The van der Waals surface area contributed by atoms with E-state index in [4.69, 9.17) is 9.47 Å². The molecule has 0 aliphatic heterocycles. The van der Waals surface area contributed by atoms with Gasteiger partial charge in [-0.15, -0.1) is 6.58 Å². The largest absolute Gasteiger partial charge is 0.464 e. The normalized spacial score (nSPS) is 13.2. The van der Waals surface area contributed by atoms with Gasteiger partial charge in [0.2, 0.25) is 5.91 Å². The fourth-order valence-corrected chi connectivity index (χ4v) is 3.46. The molecule has 0 aliphatic rings. The van der Waals surface area contributed by atoms with Gasteiger partial charge in [-0.05, 0) is 58.4 Å². The lowest BCUT2D eigenvalue weighted by atomic mass is 9.90. The summed E-state index contributed by atoms with van der Waals surface area (Å²) in [5.74, 6) is -1.23. The molecule has 0 heterocycles. The molecule has 2 atom stereocenters. The highest BCUT2D eigenvalue weighted by atomic mass is 16.6. The van der Waals surface area contributed by atoms with E-state index in [9.17, 15) is 14.4 Å². The highest BCUT2D eigenvalue weighted by Gasteiger charge is 2.41. The number of amides is 2. The Kier molecular flexibility index (Phi) is 11.2. The molecular weight excluding hydrogens is 406 g/mol. The second kappa shape index (κ2) is 13.0. The van der Waals surface area contributed by atoms with Crippen LogP contribution in [0, 0.1) is 11.8 Å². The van der Waals surface area contributed by atoms with Crippen LogP contribution in [0.15, 0.2) is 43.0 Å². The predicted octanol–water partition coefficient (Wildman–Crippen LogP) is 5.55. The highest BCUT2D eigenvalue weighted by molar-refractivity contribution is 5.98. The summed E-state index contributed by atoms with van der Waals surface area (Å²) in [4.78, 5) is 41.0. The summed E-state index contributed by atoms with van der Waals surface area (Å²) < 4.78 is 10.8. The molecule has 1 unspecified atom stereocenters. The number of esters is 1. The van der Waals surface area contributed by atoms with Crippen molar-refractivity contribution in [3.8, 4) is 0 Å². The van der Waals surface area contributed by atoms with E-state index in [2.05, 4.69) is 6.58 Å². The van der Waals surface area contributed by atoms with Crippen molar-refractivity contribution >= 4 is 18.0 Å². The predicted molar refractivity (Wildman–Crippen MR) is 126 cm³/mol. The van der Waals surface area contributed by atoms with E-state index in [0.717, 1.165) is 10.5 Å². The number of hydrogen-bond acceptors (Lipinski definition) is 5. The maximum absolute atomic E-state index is 13.7. The molecular formula is C26H39NO5. The van der Waals surface area contributed by atoms with Gasteiger partial charge in [-0.1, -0.05) is 50.3 Å². The molecule has 0 saturated carbocycles. The molecule has 0 aromatic heterocycles. The van der Waals surface area contributed by atoms with Crippen LogP contribution in [0.1, 0.15) is 66.4 Å². The van der Waals surface area contributed by atoms with Gasteiger partial charge < -0.3 is 9.47 Å². The van der Waals surface area contributed by atoms with Gasteiger partial charge in [0.05, 0.1) is 6.61 Å². The monoisotopic (exact) mass is 445 g/mol. The van der Waals surface area contributed by atoms with Crippen molar-refractivity contribution in [2.75, 3.05) is 6.61 Å². The maximum atomic E-state index is 13.7. The number of ether oxygens (including phenoxy) is 2. The Labute approximate surface area is 193 Å². The fourth-order valence-electron chi connectivity index (χ4n) is 3.46. The van der Waals surface area contributed by atoms with Gasteiger partial charge in [0.15, 0.2) is 0 Å². The van der Waals surface area contributed by atoms with Gasteiger partial charge in [0.25, 0.3) is 0 Å². The Morgan fingerprint density at radius 2 is 1.75 bits per heavy atom. The number of benzene rings is 1. The average molecular weight is 446 g/mol. The van der Waals surface area contributed by atoms with Gasteiger partial charge in [-0.2, -0.15) is 0 Å². The number of allylic oxidation sites excluding steroid dienone is 1. The van der Waals surface area contributed by atoms with Gasteiger partial charge in [0.1, 0.15) is 11.6 Å². The van der Waals surface area contributed by atoms with Crippen molar-refractivity contribution in [3.05, 3.63) is 48.6 Å². The summed E-state index contributed by atoms with van der Waals surface area (Å²) in [6.07, 6.45) is 2.84. The first-order chi connectivity index (χ1) is 15.0. The molecule has 32 heavy (non-hydrogen) atoms. The Hall–Kier alpha value is -2.63. The van der Waals surface area contributed by atoms with E-state index < -0.39 is 35.5 Å². The smallest absolute Gasteiger partial charge is 0.417 e. The number of rotatable bonds is 11. The molecule has 178 valence electrons. The molecule has 0 N–H and O–H groups in total. The lowest BCUT2D eigenvalue weighted by Gasteiger charge is -2.33. The maximum Gasteiger partial charge on any atom is 0.417 e. The lowest BCUT2D eigenvalue weighted by Crippen LogP contribution is -2.53. The van der Waals surface area contributed by atoms with Crippen LogP contribution in [0.2, 0.25) is 0 Å². The molecule has 1 rings (SSSR count). The molecule has 0 saturated heterocycles. The van der Waals surface area contributed by atoms with Crippen LogP contribution in [0.4, 0.5) is 4.79 Å². The summed E-state index contributed by atoms with van der Waals surface area (Å²) in [6.45, 7) is 14.8. The van der Waals surface area contributed by atoms with Crippen molar-refractivity contribution in [1.82, 2.24) is 4.90 Å². The summed E-state index contributed by atoms with van der Waals surface area (Å²) in [5.41, 5.74) is -0.00521. The van der Waals surface area contributed by atoms with Crippen molar-refractivity contribution in [1.29, 1.82) is 0 Å². The van der Waals surface area contributed by atoms with Crippen LogP contribution < -0.4 is 0 Å². The van der Waals surface area contributed by atoms with E-state index in [1.807, 2.05) is 44.2 Å². The highest BCUT2D eigenvalue weighted by Crippen LogP contribution is 2.25. The molecule has 1 aromatic rings. The number of imide groups is 1. The minimum Gasteiger partial charge on any atom is -0.464 e. The summed E-state index contributed by atoms with van der Waals surface area (Å²) in [7, 11) is 0. The quantitative estimate of drug-likeness (QED) is 0.330. The Bertz CT molecular complexity index is 751. The van der Waals surface area contributed by atoms with E-state index >= 15 is 0 Å². The first-order valence-electron chi connectivity index (χ1n) is 11.4. The lowest BCUT2D eigenvalue weighted by molar-refractivity contribution is -0.155. The molecule has 1 aromatic carbocycles. The molecule has 2 amide bonds. The van der Waals surface area contributed by atoms with Crippen molar-refractivity contribution < 1.29 is 23.9 Å². The zero-order chi connectivity index (χ0) is 24.3. The molecule has 6 heteroatoms. The van der Waals surface area contributed by atoms with Crippen LogP contribution in [-0.2, 0) is 25.5 Å². The number of carbonyl (C=O) groups excluding carboxylic acids is 3. The Balaban J connectivity index is 3.45. The summed E-state index contributed by atoms with van der Waals surface area (Å²) in [6, 6.07) is 8.16. The molecule has 0 bridgehead atoms. The third-order valence-corrected chi connectivity index (χ3v) is 4.79. The minimum atomic E-state index is -1.11. The Morgan fingerprint density at radius 3 is 2.25 bits per heavy atom. The molecule has 0 spiro atoms. The van der Waals surface area contributed by atoms with E-state index in [1.54, 1.807) is 33.8 Å². The molecule has 0 radical (unpaired) electrons. The summed E-state index contributed by atoms with van der Waals surface area (Å²) in [5, 5.41) is 0. The van der Waals surface area contributed by atoms with E-state index in [1.165, 1.54) is 0 Å². The van der Waals surface area contributed by atoms with Gasteiger partial charge in [-0.25, -0.2) is 14.5 Å². The fraction of sp³-hybridized carbons (Fsp3) is 0.577. The molecule has 0 aliphatic carbocycles. The zero-order valence-electron chi connectivity index (χ0n) is 20.4. The second-order valence-electron chi connectivity index (χ2n) is 9.34. The molecule has 0 fully saturated rings. The van der Waals surface area contributed by atoms with Gasteiger partial charge >= 0.3 is 12.1 Å². The number of nitrogens with zero attached hydrogens (tertiary/aromatic N) is 1. The van der Waals surface area contributed by atoms with Crippen LogP contribution in [0.3, 0.4) is 0 Å². The third kappa shape index (κ3) is 9.25. The van der Waals surface area contributed by atoms with Crippen LogP contribution >= 0.6 is 0 Å². The number of hydrogen-bond donors (Lipinski definition) is 0. The van der Waals surface area contributed by atoms with Crippen LogP contribution in [0.5, 0.6) is 0 Å². The van der Waals surface area contributed by atoms with Crippen LogP contribution in [-0.4, -0.2) is 41.1 Å². The number of carbonyl (C=O) groups is 3. The Morgan fingerprint density at radius 1 is 1.12 bits per heavy atom. The average Bonchev–Trinajstić information content (AvgIpc) is 2.69. The first kappa shape index (κ1) is 27.4. The first-order valence-corrected chi connectivity index (χ1v) is 11.4. The SMILES string of the molecule is C=CCCC(CC(C)C)C(=O)N(C(=O)OC(C)(C)C)[C@@H](Cc1ccccc1)C(=O)OCC. The summed E-state index contributed by atoms with van der Waals surface area (Å²) >= 11 is 0. The third-order valence-electron chi connectivity index (χ3n) is 4.79. The van der Waals surface area contributed by atoms with E-state index in [0.29, 0.717) is 19.3 Å². The standard InChI is InChI=1S/C26H39NO5/c1-8-10-16-21(17-19(3)4)23(28)27(25(30)32-26(5,6)7)22(24(29)31-9-2)18-20-14-12-11-13-15-20/h8,11-15,19,21-22H,1,9-10,16-18H2,2-7H3/t21?,22-/m0/s1. The molecule has 6 nitrogen and oxygen atoms in total. The van der Waals surface area contributed by atoms with Crippen molar-refractivity contribution in [2.24, 2.45) is 11.8 Å². The van der Waals surface area contributed by atoms with Crippen LogP contribution in [0.25, 0.3) is 0 Å². The van der Waals surface area contributed by atoms with Crippen molar-refractivity contribution in [2.45, 2.75) is 78.9 Å². The van der Waals surface area contributed by atoms with Crippen molar-refractivity contribution in [3.63, 3.8) is 0 Å². The zero-order valence-corrected chi connectivity index (χ0v) is 20.4.